The summed E-state index contributed by atoms with van der Waals surface area (Å²) < 4.78 is 28.0. The molecule has 0 spiro atoms. The van der Waals surface area contributed by atoms with Crippen LogP contribution in [0, 0.1) is 0 Å². The zero-order valence-electron chi connectivity index (χ0n) is 15.5. The first-order chi connectivity index (χ1) is 13.6. The molecule has 1 N–H and O–H groups in total. The Kier molecular flexibility index (Phi) is 5.25. The van der Waals surface area contributed by atoms with Gasteiger partial charge in [0.1, 0.15) is 5.82 Å². The van der Waals surface area contributed by atoms with Crippen LogP contribution in [0.5, 0.6) is 0 Å². The van der Waals surface area contributed by atoms with Crippen LogP contribution in [0.3, 0.4) is 0 Å². The number of benzene rings is 2. The number of hydrogen-bond donors (Lipinski definition) is 1. The minimum Gasteiger partial charge on any atom is -0.356 e. The van der Waals surface area contributed by atoms with Crippen LogP contribution in [0.15, 0.2) is 71.6 Å². The number of anilines is 2. The van der Waals surface area contributed by atoms with E-state index < -0.39 is 10.0 Å². The molecule has 1 aromatic heterocycles. The fourth-order valence-corrected chi connectivity index (χ4v) is 4.27. The Balaban J connectivity index is 1.73. The molecule has 1 aliphatic rings. The molecule has 1 aliphatic heterocycles. The Morgan fingerprint density at radius 2 is 1.46 bits per heavy atom. The van der Waals surface area contributed by atoms with Crippen LogP contribution in [0.2, 0.25) is 0 Å². The molecule has 0 saturated carbocycles. The van der Waals surface area contributed by atoms with Crippen molar-refractivity contribution in [1.82, 2.24) is 9.97 Å². The molecule has 0 unspecified atom stereocenters. The molecule has 0 bridgehead atoms. The van der Waals surface area contributed by atoms with Crippen LogP contribution >= 0.6 is 0 Å². The SMILES string of the molecule is O=S(=O)(Nc1nc(-c2ccccc2)cc(N2CCCCC2)n1)c1ccccc1. The summed E-state index contributed by atoms with van der Waals surface area (Å²) in [5.41, 5.74) is 1.62. The van der Waals surface area contributed by atoms with E-state index in [1.165, 1.54) is 6.42 Å². The minimum atomic E-state index is -3.75. The van der Waals surface area contributed by atoms with E-state index in [2.05, 4.69) is 19.6 Å². The van der Waals surface area contributed by atoms with E-state index in [-0.39, 0.29) is 10.8 Å². The molecule has 7 heteroatoms. The number of sulfonamides is 1. The van der Waals surface area contributed by atoms with Gasteiger partial charge in [-0.3, -0.25) is 0 Å². The van der Waals surface area contributed by atoms with E-state index in [1.54, 1.807) is 30.3 Å². The van der Waals surface area contributed by atoms with E-state index in [4.69, 9.17) is 0 Å². The fourth-order valence-electron chi connectivity index (χ4n) is 3.30. The second kappa shape index (κ2) is 7.98. The highest BCUT2D eigenvalue weighted by Crippen LogP contribution is 2.26. The molecule has 0 amide bonds. The second-order valence-electron chi connectivity index (χ2n) is 6.77. The topological polar surface area (TPSA) is 75.2 Å². The largest absolute Gasteiger partial charge is 0.356 e. The molecule has 1 saturated heterocycles. The van der Waals surface area contributed by atoms with Crippen molar-refractivity contribution >= 4 is 21.8 Å². The maximum atomic E-state index is 12.7. The molecule has 28 heavy (non-hydrogen) atoms. The molecule has 0 atom stereocenters. The molecule has 0 radical (unpaired) electrons. The van der Waals surface area contributed by atoms with E-state index in [0.717, 1.165) is 37.3 Å². The molecule has 6 nitrogen and oxygen atoms in total. The van der Waals surface area contributed by atoms with Crippen LogP contribution in [0.25, 0.3) is 11.3 Å². The van der Waals surface area contributed by atoms with E-state index in [0.29, 0.717) is 5.69 Å². The quantitative estimate of drug-likeness (QED) is 0.709. The van der Waals surface area contributed by atoms with Gasteiger partial charge in [0, 0.05) is 24.7 Å². The average Bonchev–Trinajstić information content (AvgIpc) is 2.75. The van der Waals surface area contributed by atoms with Crippen molar-refractivity contribution in [2.75, 3.05) is 22.7 Å². The number of piperidine rings is 1. The highest BCUT2D eigenvalue weighted by atomic mass is 32.2. The lowest BCUT2D eigenvalue weighted by atomic mass is 10.1. The zero-order chi connectivity index (χ0) is 19.4. The maximum Gasteiger partial charge on any atom is 0.264 e. The summed E-state index contributed by atoms with van der Waals surface area (Å²) in [5.74, 6) is 0.838. The predicted molar refractivity (Wildman–Crippen MR) is 111 cm³/mol. The van der Waals surface area contributed by atoms with Crippen LogP contribution in [-0.2, 0) is 10.0 Å². The molecule has 4 rings (SSSR count). The van der Waals surface area contributed by atoms with Gasteiger partial charge in [-0.1, -0.05) is 48.5 Å². The van der Waals surface area contributed by atoms with Crippen LogP contribution < -0.4 is 9.62 Å². The summed E-state index contributed by atoms with van der Waals surface area (Å²) in [6.45, 7) is 1.83. The number of aromatic nitrogens is 2. The standard InChI is InChI=1S/C21H22N4O2S/c26-28(27,18-12-6-2-7-13-18)24-21-22-19(17-10-4-1-5-11-17)16-20(23-21)25-14-8-3-9-15-25/h1-2,4-7,10-13,16H,3,8-9,14-15H2,(H,22,23,24). The monoisotopic (exact) mass is 394 g/mol. The predicted octanol–water partition coefficient (Wildman–Crippen LogP) is 3.93. The smallest absolute Gasteiger partial charge is 0.264 e. The van der Waals surface area contributed by atoms with Crippen molar-refractivity contribution in [3.63, 3.8) is 0 Å². The molecule has 3 aromatic rings. The maximum absolute atomic E-state index is 12.7. The van der Waals surface area contributed by atoms with Crippen molar-refractivity contribution in [2.24, 2.45) is 0 Å². The van der Waals surface area contributed by atoms with E-state index in [1.807, 2.05) is 36.4 Å². The fraction of sp³-hybridized carbons (Fsp3) is 0.238. The summed E-state index contributed by atoms with van der Waals surface area (Å²) in [4.78, 5) is 11.4. The summed E-state index contributed by atoms with van der Waals surface area (Å²) >= 11 is 0. The zero-order valence-corrected chi connectivity index (χ0v) is 16.3. The van der Waals surface area contributed by atoms with Gasteiger partial charge in [-0.05, 0) is 31.4 Å². The molecule has 144 valence electrons. The first-order valence-corrected chi connectivity index (χ1v) is 10.9. The Labute approximate surface area is 165 Å². The first kappa shape index (κ1) is 18.4. The van der Waals surface area contributed by atoms with Crippen molar-refractivity contribution in [3.05, 3.63) is 66.7 Å². The van der Waals surface area contributed by atoms with Crippen molar-refractivity contribution in [2.45, 2.75) is 24.2 Å². The Bertz CT molecular complexity index is 1030. The van der Waals surface area contributed by atoms with Gasteiger partial charge in [0.05, 0.1) is 10.6 Å². The third-order valence-electron chi connectivity index (χ3n) is 4.74. The van der Waals surface area contributed by atoms with Gasteiger partial charge >= 0.3 is 0 Å². The van der Waals surface area contributed by atoms with E-state index in [9.17, 15) is 8.42 Å². The third-order valence-corrected chi connectivity index (χ3v) is 6.09. The van der Waals surface area contributed by atoms with Crippen LogP contribution in [-0.4, -0.2) is 31.5 Å². The van der Waals surface area contributed by atoms with Crippen molar-refractivity contribution in [3.8, 4) is 11.3 Å². The molecule has 2 aromatic carbocycles. The number of nitrogens with one attached hydrogen (secondary N) is 1. The first-order valence-electron chi connectivity index (χ1n) is 9.39. The number of nitrogens with zero attached hydrogens (tertiary/aromatic N) is 3. The molecule has 2 heterocycles. The van der Waals surface area contributed by atoms with E-state index >= 15 is 0 Å². The average molecular weight is 395 g/mol. The van der Waals surface area contributed by atoms with Crippen LogP contribution in [0.4, 0.5) is 11.8 Å². The summed E-state index contributed by atoms with van der Waals surface area (Å²) in [7, 11) is -3.75. The Morgan fingerprint density at radius 1 is 0.821 bits per heavy atom. The summed E-state index contributed by atoms with van der Waals surface area (Å²) in [6, 6.07) is 19.9. The van der Waals surface area contributed by atoms with Crippen molar-refractivity contribution in [1.29, 1.82) is 0 Å². The number of hydrogen-bond acceptors (Lipinski definition) is 5. The van der Waals surface area contributed by atoms with Gasteiger partial charge in [-0.15, -0.1) is 0 Å². The minimum absolute atomic E-state index is 0.0887. The molecule has 0 aliphatic carbocycles. The molecular weight excluding hydrogens is 372 g/mol. The lowest BCUT2D eigenvalue weighted by Crippen LogP contribution is -2.30. The van der Waals surface area contributed by atoms with Gasteiger partial charge < -0.3 is 4.90 Å². The normalized spacial score (nSPS) is 14.6. The highest BCUT2D eigenvalue weighted by Gasteiger charge is 2.19. The van der Waals surface area contributed by atoms with Gasteiger partial charge in [-0.25, -0.2) is 18.1 Å². The van der Waals surface area contributed by atoms with Gasteiger partial charge in [0.2, 0.25) is 5.95 Å². The second-order valence-corrected chi connectivity index (χ2v) is 8.45. The van der Waals surface area contributed by atoms with Crippen LogP contribution in [0.1, 0.15) is 19.3 Å². The number of rotatable bonds is 5. The molecular formula is C21H22N4O2S. The highest BCUT2D eigenvalue weighted by molar-refractivity contribution is 7.92. The van der Waals surface area contributed by atoms with Gasteiger partial charge in [0.25, 0.3) is 10.0 Å². The summed E-state index contributed by atoms with van der Waals surface area (Å²) in [5, 5.41) is 0. The molecule has 1 fully saturated rings. The van der Waals surface area contributed by atoms with Gasteiger partial charge in [-0.2, -0.15) is 4.98 Å². The van der Waals surface area contributed by atoms with Crippen molar-refractivity contribution < 1.29 is 8.42 Å². The Hall–Kier alpha value is -2.93. The lowest BCUT2D eigenvalue weighted by Gasteiger charge is -2.28. The Morgan fingerprint density at radius 3 is 2.14 bits per heavy atom. The lowest BCUT2D eigenvalue weighted by molar-refractivity contribution is 0.573. The summed E-state index contributed by atoms with van der Waals surface area (Å²) in [6.07, 6.45) is 3.42. The third kappa shape index (κ3) is 4.14. The van der Waals surface area contributed by atoms with Gasteiger partial charge in [0.15, 0.2) is 0 Å².